The van der Waals surface area contributed by atoms with Gasteiger partial charge < -0.3 is 14.9 Å². The number of fused-ring (bicyclic) bond motifs is 1. The van der Waals surface area contributed by atoms with Crippen molar-refractivity contribution in [2.45, 2.75) is 44.4 Å². The molecule has 1 aliphatic heterocycles. The van der Waals surface area contributed by atoms with Crippen molar-refractivity contribution in [2.24, 2.45) is 0 Å². The summed E-state index contributed by atoms with van der Waals surface area (Å²) in [6.07, 6.45) is 0. The van der Waals surface area contributed by atoms with E-state index in [1.807, 2.05) is 6.07 Å². The average molecular weight is 445 g/mol. The molecule has 1 aromatic carbocycles. The summed E-state index contributed by atoms with van der Waals surface area (Å²) >= 11 is 0. The van der Waals surface area contributed by atoms with Gasteiger partial charge in [-0.05, 0) is 24.1 Å². The molecule has 10 heteroatoms. The molecule has 0 aliphatic carbocycles. The number of aromatic nitrogens is 4. The second-order valence-electron chi connectivity index (χ2n) is 8.50. The highest BCUT2D eigenvalue weighted by Crippen LogP contribution is 2.25. The van der Waals surface area contributed by atoms with E-state index in [1.54, 1.807) is 6.07 Å². The summed E-state index contributed by atoms with van der Waals surface area (Å²) in [4.78, 5) is 28.4. The highest BCUT2D eigenvalue weighted by Gasteiger charge is 2.29. The van der Waals surface area contributed by atoms with E-state index >= 15 is 0 Å². The summed E-state index contributed by atoms with van der Waals surface area (Å²) in [5, 5.41) is 0. The van der Waals surface area contributed by atoms with Crippen LogP contribution in [-0.2, 0) is 10.0 Å². The van der Waals surface area contributed by atoms with Crippen LogP contribution in [0.4, 0.5) is 5.82 Å². The van der Waals surface area contributed by atoms with Crippen LogP contribution in [0.5, 0.6) is 0 Å². The summed E-state index contributed by atoms with van der Waals surface area (Å²) in [6, 6.07) is 6.65. The predicted octanol–water partition coefficient (Wildman–Crippen LogP) is 2.40. The predicted molar refractivity (Wildman–Crippen MR) is 120 cm³/mol. The summed E-state index contributed by atoms with van der Waals surface area (Å²) in [6.45, 7) is 10.2. The van der Waals surface area contributed by atoms with Crippen LogP contribution in [0.25, 0.3) is 11.0 Å². The molecular weight excluding hydrogens is 416 g/mol. The molecule has 4 rings (SSSR count). The van der Waals surface area contributed by atoms with Crippen LogP contribution in [-0.4, -0.2) is 58.8 Å². The second kappa shape index (κ2) is 8.08. The summed E-state index contributed by atoms with van der Waals surface area (Å²) in [5.74, 6) is 2.17. The van der Waals surface area contributed by atoms with E-state index in [-0.39, 0.29) is 22.4 Å². The lowest BCUT2D eigenvalue weighted by molar-refractivity contribution is 0.383. The molecule has 1 aliphatic rings. The van der Waals surface area contributed by atoms with Crippen LogP contribution in [0.3, 0.4) is 0 Å². The van der Waals surface area contributed by atoms with E-state index in [4.69, 9.17) is 4.98 Å². The third-order valence-electron chi connectivity index (χ3n) is 5.55. The van der Waals surface area contributed by atoms with Crippen molar-refractivity contribution in [1.82, 2.24) is 24.2 Å². The lowest BCUT2D eigenvalue weighted by Gasteiger charge is -2.35. The van der Waals surface area contributed by atoms with Gasteiger partial charge >= 0.3 is 5.69 Å². The van der Waals surface area contributed by atoms with Gasteiger partial charge in [-0.25, -0.2) is 23.2 Å². The Morgan fingerprint density at radius 2 is 1.58 bits per heavy atom. The Kier molecular flexibility index (Phi) is 5.61. The Morgan fingerprint density at radius 1 is 0.903 bits per heavy atom. The first-order chi connectivity index (χ1) is 14.6. The fourth-order valence-electron chi connectivity index (χ4n) is 3.67. The van der Waals surface area contributed by atoms with E-state index in [1.165, 1.54) is 16.4 Å². The number of piperazine rings is 1. The van der Waals surface area contributed by atoms with Crippen LogP contribution in [0.2, 0.25) is 0 Å². The minimum Gasteiger partial charge on any atom is -0.354 e. The maximum Gasteiger partial charge on any atom is 0.323 e. The van der Waals surface area contributed by atoms with Gasteiger partial charge in [-0.2, -0.15) is 4.31 Å². The molecule has 1 saturated heterocycles. The van der Waals surface area contributed by atoms with Crippen LogP contribution in [0.1, 0.15) is 51.0 Å². The van der Waals surface area contributed by atoms with Crippen molar-refractivity contribution in [1.29, 1.82) is 0 Å². The third-order valence-corrected chi connectivity index (χ3v) is 7.44. The fourth-order valence-corrected chi connectivity index (χ4v) is 5.12. The zero-order valence-corrected chi connectivity index (χ0v) is 19.0. The number of sulfonamides is 1. The van der Waals surface area contributed by atoms with Gasteiger partial charge in [0, 0.05) is 43.9 Å². The van der Waals surface area contributed by atoms with E-state index < -0.39 is 10.0 Å². The third kappa shape index (κ3) is 4.22. The van der Waals surface area contributed by atoms with Gasteiger partial charge in [0.05, 0.1) is 15.9 Å². The number of aromatic amines is 2. The van der Waals surface area contributed by atoms with Crippen LogP contribution in [0.15, 0.2) is 34.0 Å². The van der Waals surface area contributed by atoms with Gasteiger partial charge in [0.15, 0.2) is 0 Å². The highest BCUT2D eigenvalue weighted by molar-refractivity contribution is 7.89. The number of H-pyrrole nitrogens is 2. The quantitative estimate of drug-likeness (QED) is 0.624. The monoisotopic (exact) mass is 444 g/mol. The smallest absolute Gasteiger partial charge is 0.323 e. The normalized spacial score (nSPS) is 16.0. The molecule has 0 bridgehead atoms. The molecule has 0 atom stereocenters. The number of hydrogen-bond donors (Lipinski definition) is 2. The first-order valence-electron chi connectivity index (χ1n) is 10.5. The lowest BCUT2D eigenvalue weighted by Crippen LogP contribution is -2.49. The van der Waals surface area contributed by atoms with Crippen molar-refractivity contribution in [2.75, 3.05) is 31.1 Å². The molecule has 166 valence electrons. The first-order valence-corrected chi connectivity index (χ1v) is 11.9. The van der Waals surface area contributed by atoms with Gasteiger partial charge in [0.2, 0.25) is 10.0 Å². The molecule has 1 fully saturated rings. The van der Waals surface area contributed by atoms with E-state index in [2.05, 4.69) is 47.5 Å². The van der Waals surface area contributed by atoms with Crippen LogP contribution < -0.4 is 10.6 Å². The fraction of sp³-hybridized carbons (Fsp3) is 0.476. The molecule has 0 radical (unpaired) electrons. The molecular formula is C21H28N6O3S. The Bertz CT molecular complexity index is 1230. The van der Waals surface area contributed by atoms with Gasteiger partial charge in [-0.3, -0.25) is 0 Å². The van der Waals surface area contributed by atoms with Crippen LogP contribution in [0, 0.1) is 0 Å². The van der Waals surface area contributed by atoms with Crippen molar-refractivity contribution in [3.8, 4) is 0 Å². The molecule has 2 aromatic heterocycles. The number of hydrogen-bond acceptors (Lipinski definition) is 6. The molecule has 3 aromatic rings. The Labute approximate surface area is 181 Å². The van der Waals surface area contributed by atoms with Gasteiger partial charge in [-0.15, -0.1) is 0 Å². The summed E-state index contributed by atoms with van der Waals surface area (Å²) in [7, 11) is -3.66. The van der Waals surface area contributed by atoms with Crippen LogP contribution >= 0.6 is 0 Å². The molecule has 0 spiro atoms. The summed E-state index contributed by atoms with van der Waals surface area (Å²) < 4.78 is 27.8. The zero-order chi connectivity index (χ0) is 22.3. The maximum absolute atomic E-state index is 13.1. The molecule has 0 amide bonds. The average Bonchev–Trinajstić information content (AvgIpc) is 3.12. The molecule has 0 unspecified atom stereocenters. The van der Waals surface area contributed by atoms with Crippen molar-refractivity contribution >= 4 is 26.9 Å². The van der Waals surface area contributed by atoms with E-state index in [0.717, 1.165) is 17.3 Å². The largest absolute Gasteiger partial charge is 0.354 e. The Balaban J connectivity index is 1.54. The number of benzene rings is 1. The SMILES string of the molecule is CC(C)c1cc(N2CCN(S(=O)(=O)c3ccc4[nH]c(=O)[nH]c4c3)CC2)nc(C(C)C)n1. The number of rotatable bonds is 5. The molecule has 0 saturated carbocycles. The van der Waals surface area contributed by atoms with E-state index in [0.29, 0.717) is 37.2 Å². The van der Waals surface area contributed by atoms with Crippen molar-refractivity contribution in [3.05, 3.63) is 46.3 Å². The number of imidazole rings is 1. The standard InChI is InChI=1S/C21H28N6O3S/c1-13(2)17-12-19(25-20(22-17)14(3)4)26-7-9-27(10-8-26)31(29,30)15-5-6-16-18(11-15)24-21(28)23-16/h5-6,11-14H,7-10H2,1-4H3,(H2,23,24,28). The molecule has 3 heterocycles. The summed E-state index contributed by atoms with van der Waals surface area (Å²) in [5.41, 5.74) is 1.70. The minimum atomic E-state index is -3.66. The maximum atomic E-state index is 13.1. The minimum absolute atomic E-state index is 0.176. The zero-order valence-electron chi connectivity index (χ0n) is 18.2. The Hall–Kier alpha value is -2.72. The number of nitrogens with zero attached hydrogens (tertiary/aromatic N) is 4. The van der Waals surface area contributed by atoms with Crippen molar-refractivity contribution < 1.29 is 8.42 Å². The molecule has 9 nitrogen and oxygen atoms in total. The first kappa shape index (κ1) is 21.5. The number of nitrogens with one attached hydrogen (secondary N) is 2. The lowest BCUT2D eigenvalue weighted by atomic mass is 10.1. The van der Waals surface area contributed by atoms with Gasteiger partial charge in [0.25, 0.3) is 0 Å². The van der Waals surface area contributed by atoms with Gasteiger partial charge in [-0.1, -0.05) is 27.7 Å². The number of anilines is 1. The molecule has 2 N–H and O–H groups in total. The topological polar surface area (TPSA) is 115 Å². The Morgan fingerprint density at radius 3 is 2.23 bits per heavy atom. The molecule has 31 heavy (non-hydrogen) atoms. The van der Waals surface area contributed by atoms with Crippen molar-refractivity contribution in [3.63, 3.8) is 0 Å². The highest BCUT2D eigenvalue weighted by atomic mass is 32.2. The van der Waals surface area contributed by atoms with Gasteiger partial charge in [0.1, 0.15) is 11.6 Å². The second-order valence-corrected chi connectivity index (χ2v) is 10.4. The van der Waals surface area contributed by atoms with E-state index in [9.17, 15) is 13.2 Å².